The molecule has 0 saturated carbocycles. The van der Waals surface area contributed by atoms with Gasteiger partial charge in [0, 0.05) is 60.2 Å². The minimum atomic E-state index is 0.549. The molecule has 0 amide bonds. The van der Waals surface area contributed by atoms with Gasteiger partial charge in [0.25, 0.3) is 0 Å². The molecule has 1 aliphatic rings. The summed E-state index contributed by atoms with van der Waals surface area (Å²) >= 11 is 0. The molecule has 11 aromatic rings. The average Bonchev–Trinajstić information content (AvgIpc) is 4.00. The van der Waals surface area contributed by atoms with Crippen molar-refractivity contribution in [1.29, 1.82) is 0 Å². The monoisotopic (exact) mass is 795 g/mol. The van der Waals surface area contributed by atoms with E-state index in [4.69, 9.17) is 25.8 Å². The van der Waals surface area contributed by atoms with Crippen LogP contribution in [-0.2, 0) is 6.42 Å². The molecule has 0 atom stereocenters. The molecule has 0 bridgehead atoms. The van der Waals surface area contributed by atoms with Crippen LogP contribution in [0.5, 0.6) is 0 Å². The van der Waals surface area contributed by atoms with Crippen LogP contribution < -0.4 is 10.4 Å². The third-order valence-corrected chi connectivity index (χ3v) is 12.4. The molecule has 7 aromatic carbocycles. The fourth-order valence-electron chi connectivity index (χ4n) is 9.66. The van der Waals surface area contributed by atoms with Crippen LogP contribution in [0.15, 0.2) is 168 Å². The van der Waals surface area contributed by atoms with E-state index in [-0.39, 0.29) is 0 Å². The van der Waals surface area contributed by atoms with Crippen molar-refractivity contribution in [3.63, 3.8) is 0 Å². The van der Waals surface area contributed by atoms with Crippen LogP contribution in [0.2, 0.25) is 0 Å². The van der Waals surface area contributed by atoms with Gasteiger partial charge >= 0.3 is 0 Å². The molecule has 0 spiro atoms. The number of fused-ring (bicyclic) bond motifs is 9. The largest absolute Gasteiger partial charge is 0.455 e. The Morgan fingerprint density at radius 3 is 2.18 bits per heavy atom. The molecule has 4 aromatic heterocycles. The van der Waals surface area contributed by atoms with Gasteiger partial charge in [-0.2, -0.15) is 0 Å². The van der Waals surface area contributed by atoms with Crippen LogP contribution in [-0.4, -0.2) is 24.1 Å². The molecule has 6 nitrogen and oxygen atoms in total. The van der Waals surface area contributed by atoms with Gasteiger partial charge in [0.05, 0.1) is 27.8 Å². The van der Waals surface area contributed by atoms with Gasteiger partial charge in [-0.1, -0.05) is 145 Å². The predicted molar refractivity (Wildman–Crippen MR) is 254 cm³/mol. The Balaban J connectivity index is 1.19. The maximum absolute atomic E-state index is 6.55. The van der Waals surface area contributed by atoms with E-state index in [1.165, 1.54) is 22.0 Å². The first-order chi connectivity index (χ1) is 30.7. The maximum atomic E-state index is 6.55. The fourth-order valence-corrected chi connectivity index (χ4v) is 9.66. The lowest BCUT2D eigenvalue weighted by Crippen LogP contribution is -2.27. The summed E-state index contributed by atoms with van der Waals surface area (Å²) in [7, 11) is 0. The number of terminal acetylenes is 1. The smallest absolute Gasteiger partial charge is 0.167 e. The Bertz CT molecular complexity index is 3840. The van der Waals surface area contributed by atoms with E-state index in [2.05, 4.69) is 143 Å². The fraction of sp³-hybridized carbons (Fsp3) is 0.0536. The van der Waals surface area contributed by atoms with Gasteiger partial charge in [-0.3, -0.25) is 0 Å². The summed E-state index contributed by atoms with van der Waals surface area (Å²) in [6.07, 6.45) is 14.1. The standard InChI is InChI=1S/C56H37N5O/c1-3-18-36-19-7-8-22-38(36)35(2)60-47-31-12-9-24-40(47)43-27-17-33-49(52(43)60)61-48-32-13-10-23-39(48)42-26-15-29-45(51(42)61)55-57-54(37-20-5-4-6-21-37)58-56(59-55)46-30-16-28-44-41-25-11-14-34-50(41)62-53(44)46/h1,4-12,14-31,33-34H,13,32H2,2H3/b36-18-,38-35+. The molecule has 1 aliphatic carbocycles. The quantitative estimate of drug-likeness (QED) is 0.163. The molecule has 0 fully saturated rings. The van der Waals surface area contributed by atoms with Gasteiger partial charge in [0.2, 0.25) is 0 Å². The number of hydrogen-bond acceptors (Lipinski definition) is 4. The topological polar surface area (TPSA) is 61.7 Å². The lowest BCUT2D eigenvalue weighted by molar-refractivity contribution is 0.669. The Morgan fingerprint density at radius 1 is 0.629 bits per heavy atom. The minimum Gasteiger partial charge on any atom is -0.455 e. The number of nitrogens with zero attached hydrogens (tertiary/aromatic N) is 5. The Hall–Kier alpha value is -8.27. The van der Waals surface area contributed by atoms with Gasteiger partial charge in [-0.15, -0.1) is 6.42 Å². The van der Waals surface area contributed by atoms with E-state index in [0.717, 1.165) is 95.2 Å². The van der Waals surface area contributed by atoms with E-state index >= 15 is 0 Å². The summed E-state index contributed by atoms with van der Waals surface area (Å²) in [5.74, 6) is 4.50. The second-order valence-electron chi connectivity index (χ2n) is 15.8. The summed E-state index contributed by atoms with van der Waals surface area (Å²) in [5.41, 5.74) is 12.1. The van der Waals surface area contributed by atoms with E-state index in [0.29, 0.717) is 17.5 Å². The number of para-hydroxylation sites is 5. The molecular formula is C56H37N5O. The lowest BCUT2D eigenvalue weighted by atomic mass is 10.0. The summed E-state index contributed by atoms with van der Waals surface area (Å²) in [4.78, 5) is 15.9. The van der Waals surface area contributed by atoms with Crippen molar-refractivity contribution in [3.05, 3.63) is 185 Å². The van der Waals surface area contributed by atoms with Gasteiger partial charge < -0.3 is 13.6 Å². The van der Waals surface area contributed by atoms with Crippen molar-refractivity contribution < 1.29 is 4.42 Å². The molecule has 0 N–H and O–H groups in total. The zero-order valence-corrected chi connectivity index (χ0v) is 33.9. The summed E-state index contributed by atoms with van der Waals surface area (Å²) in [6, 6.07) is 54.8. The zero-order valence-electron chi connectivity index (χ0n) is 33.9. The van der Waals surface area contributed by atoms with Crippen LogP contribution in [0.3, 0.4) is 0 Å². The maximum Gasteiger partial charge on any atom is 0.167 e. The van der Waals surface area contributed by atoms with Crippen molar-refractivity contribution in [2.45, 2.75) is 19.8 Å². The molecule has 0 saturated heterocycles. The SMILES string of the molecule is C#C/C=c1/cccc/c1=C(/C)n1c2ccccc2c2cccc(-n3c4c(c5cccc(-c6nc(-c7ccccc7)nc(-c7cccc8c7oc7ccccc78)n6)c53)C=CCC4)c21. The molecule has 292 valence electrons. The Morgan fingerprint density at radius 2 is 1.31 bits per heavy atom. The number of allylic oxidation sites excluding steroid dienone is 1. The second kappa shape index (κ2) is 14.2. The highest BCUT2D eigenvalue weighted by Crippen LogP contribution is 2.43. The normalized spacial score (nSPS) is 13.4. The van der Waals surface area contributed by atoms with Crippen molar-refractivity contribution in [3.8, 4) is 52.2 Å². The van der Waals surface area contributed by atoms with Gasteiger partial charge in [0.15, 0.2) is 17.5 Å². The van der Waals surface area contributed by atoms with E-state index < -0.39 is 0 Å². The summed E-state index contributed by atoms with van der Waals surface area (Å²) < 4.78 is 11.5. The molecule has 0 unspecified atom stereocenters. The van der Waals surface area contributed by atoms with Gasteiger partial charge in [0.1, 0.15) is 11.2 Å². The average molecular weight is 796 g/mol. The highest BCUT2D eigenvalue weighted by Gasteiger charge is 2.26. The Kier molecular flexibility index (Phi) is 8.16. The first-order valence-corrected chi connectivity index (χ1v) is 21.0. The first kappa shape index (κ1) is 35.7. The summed E-state index contributed by atoms with van der Waals surface area (Å²) in [6.45, 7) is 2.20. The minimum absolute atomic E-state index is 0.549. The van der Waals surface area contributed by atoms with Gasteiger partial charge in [-0.25, -0.2) is 15.0 Å². The molecule has 62 heavy (non-hydrogen) atoms. The number of furan rings is 1. The Labute approximate surface area is 357 Å². The molecule has 0 aliphatic heterocycles. The number of rotatable bonds is 5. The third kappa shape index (κ3) is 5.42. The molecule has 12 rings (SSSR count). The van der Waals surface area contributed by atoms with Crippen molar-refractivity contribution in [2.75, 3.05) is 0 Å². The highest BCUT2D eigenvalue weighted by molar-refractivity contribution is 6.14. The van der Waals surface area contributed by atoms with E-state index in [1.54, 1.807) is 0 Å². The van der Waals surface area contributed by atoms with Crippen LogP contribution >= 0.6 is 0 Å². The van der Waals surface area contributed by atoms with Crippen LogP contribution in [0.25, 0.3) is 112 Å². The lowest BCUT2D eigenvalue weighted by Gasteiger charge is -2.18. The van der Waals surface area contributed by atoms with Crippen molar-refractivity contribution in [2.24, 2.45) is 0 Å². The van der Waals surface area contributed by atoms with Crippen molar-refractivity contribution in [1.82, 2.24) is 24.1 Å². The second-order valence-corrected chi connectivity index (χ2v) is 15.8. The molecule has 6 heteroatoms. The number of aromatic nitrogens is 5. The number of hydrogen-bond donors (Lipinski definition) is 0. The first-order valence-electron chi connectivity index (χ1n) is 21.0. The number of benzene rings is 7. The zero-order chi connectivity index (χ0) is 41.3. The van der Waals surface area contributed by atoms with Gasteiger partial charge in [-0.05, 0) is 61.4 Å². The predicted octanol–water partition coefficient (Wildman–Crippen LogP) is 11.9. The van der Waals surface area contributed by atoms with Crippen LogP contribution in [0.4, 0.5) is 0 Å². The van der Waals surface area contributed by atoms with Crippen LogP contribution in [0, 0.1) is 12.3 Å². The molecule has 0 radical (unpaired) electrons. The van der Waals surface area contributed by atoms with Crippen molar-refractivity contribution >= 4 is 72.5 Å². The molecular weight excluding hydrogens is 759 g/mol. The molecule has 4 heterocycles. The highest BCUT2D eigenvalue weighted by atomic mass is 16.3. The van der Waals surface area contributed by atoms with E-state index in [1.807, 2.05) is 54.6 Å². The third-order valence-electron chi connectivity index (χ3n) is 12.4. The van der Waals surface area contributed by atoms with Crippen LogP contribution in [0.1, 0.15) is 24.6 Å². The van der Waals surface area contributed by atoms with E-state index in [9.17, 15) is 0 Å². The summed E-state index contributed by atoms with van der Waals surface area (Å²) in [5, 5.41) is 7.66.